The summed E-state index contributed by atoms with van der Waals surface area (Å²) in [4.78, 5) is 25.0. The average molecular weight is 538 g/mol. The maximum atomic E-state index is 13.5. The molecule has 0 aromatic carbocycles. The van der Waals surface area contributed by atoms with Crippen LogP contribution >= 0.6 is 0 Å². The fourth-order valence-electron chi connectivity index (χ4n) is 6.52. The topological polar surface area (TPSA) is 155 Å². The maximum absolute atomic E-state index is 13.5. The minimum atomic E-state index is -3.42. The Kier molecular flexibility index (Phi) is 7.37. The summed E-state index contributed by atoms with van der Waals surface area (Å²) in [6.45, 7) is 7.84. The molecule has 0 saturated heterocycles. The summed E-state index contributed by atoms with van der Waals surface area (Å²) in [7, 11) is -3.42. The van der Waals surface area contributed by atoms with Gasteiger partial charge < -0.3 is 20.5 Å². The van der Waals surface area contributed by atoms with Crippen LogP contribution in [0.3, 0.4) is 0 Å². The average Bonchev–Trinajstić information content (AvgIpc) is 3.13. The first-order valence-corrected chi connectivity index (χ1v) is 14.7. The molecule has 5 rings (SSSR count). The van der Waals surface area contributed by atoms with Crippen molar-refractivity contribution in [2.75, 3.05) is 12.9 Å². The molecule has 4 fully saturated rings. The molecule has 1 heterocycles. The van der Waals surface area contributed by atoms with Gasteiger partial charge in [-0.2, -0.15) is 5.10 Å². The highest BCUT2D eigenvalue weighted by atomic mass is 32.2. The molecule has 12 heteroatoms. The SMILES string of the molecule is CC(C)COc1c(C(=O)NC2C3CC4CC2CC(OC(N)=O)(C4)C3)cnn1C=CC(C)(C)NS(C)(=O)=O. The van der Waals surface area contributed by atoms with Crippen LogP contribution in [0.15, 0.2) is 12.3 Å². The lowest BCUT2D eigenvalue weighted by Gasteiger charge is -2.58. The standard InChI is InChI=1S/C25H39N5O6S/c1-15(2)14-35-22-19(13-27-30(22)7-6-24(3,4)29-37(5,33)34)21(31)28-20-17-8-16-9-18(20)12-25(10-16,11-17)36-23(26)32/h6-7,13,15-18,20,29H,8-12,14H2,1-5H3,(H2,26,32)(H,28,31). The molecule has 206 valence electrons. The van der Waals surface area contributed by atoms with Gasteiger partial charge in [-0.25, -0.2) is 22.6 Å². The summed E-state index contributed by atoms with van der Waals surface area (Å²) in [6.07, 6.45) is 9.33. The first kappa shape index (κ1) is 27.4. The number of nitrogens with zero attached hydrogens (tertiary/aromatic N) is 2. The molecule has 4 bridgehead atoms. The highest BCUT2D eigenvalue weighted by molar-refractivity contribution is 7.88. The molecule has 0 radical (unpaired) electrons. The molecule has 2 atom stereocenters. The third kappa shape index (κ3) is 6.46. The van der Waals surface area contributed by atoms with Crippen LogP contribution in [0.1, 0.15) is 70.2 Å². The van der Waals surface area contributed by atoms with Gasteiger partial charge in [-0.15, -0.1) is 0 Å². The predicted molar refractivity (Wildman–Crippen MR) is 138 cm³/mol. The van der Waals surface area contributed by atoms with Crippen LogP contribution in [0.4, 0.5) is 4.79 Å². The molecule has 4 N–H and O–H groups in total. The fraction of sp³-hybridized carbons (Fsp3) is 0.720. The van der Waals surface area contributed by atoms with E-state index in [1.54, 1.807) is 26.1 Å². The van der Waals surface area contributed by atoms with Gasteiger partial charge in [-0.1, -0.05) is 13.8 Å². The van der Waals surface area contributed by atoms with E-state index in [0.717, 1.165) is 25.5 Å². The van der Waals surface area contributed by atoms with Gasteiger partial charge in [0.2, 0.25) is 15.9 Å². The van der Waals surface area contributed by atoms with Crippen LogP contribution < -0.4 is 20.5 Å². The molecule has 0 spiro atoms. The van der Waals surface area contributed by atoms with Crippen LogP contribution in [-0.2, 0) is 14.8 Å². The molecule has 4 aliphatic carbocycles. The van der Waals surface area contributed by atoms with E-state index >= 15 is 0 Å². The van der Waals surface area contributed by atoms with Crippen molar-refractivity contribution in [1.29, 1.82) is 0 Å². The number of hydrogen-bond donors (Lipinski definition) is 3. The summed E-state index contributed by atoms with van der Waals surface area (Å²) in [5.41, 5.74) is 4.30. The number of primary amides is 1. The second-order valence-electron chi connectivity index (χ2n) is 12.0. The van der Waals surface area contributed by atoms with Crippen molar-refractivity contribution in [3.63, 3.8) is 0 Å². The van der Waals surface area contributed by atoms with Gasteiger partial charge in [0, 0.05) is 17.8 Å². The zero-order valence-electron chi connectivity index (χ0n) is 22.2. The van der Waals surface area contributed by atoms with Crippen LogP contribution in [0.2, 0.25) is 0 Å². The molecule has 37 heavy (non-hydrogen) atoms. The number of ether oxygens (including phenoxy) is 2. The number of sulfonamides is 1. The zero-order valence-corrected chi connectivity index (χ0v) is 23.0. The van der Waals surface area contributed by atoms with Crippen molar-refractivity contribution in [2.45, 2.75) is 77.0 Å². The summed E-state index contributed by atoms with van der Waals surface area (Å²) >= 11 is 0. The highest BCUT2D eigenvalue weighted by Gasteiger charge is 2.57. The molecule has 1 aromatic rings. The van der Waals surface area contributed by atoms with Crippen molar-refractivity contribution in [2.24, 2.45) is 29.4 Å². The van der Waals surface area contributed by atoms with Crippen LogP contribution in [0, 0.1) is 23.7 Å². The second kappa shape index (κ2) is 9.94. The molecule has 2 unspecified atom stereocenters. The Morgan fingerprint density at radius 1 is 1.27 bits per heavy atom. The number of nitrogens with one attached hydrogen (secondary N) is 2. The highest BCUT2D eigenvalue weighted by Crippen LogP contribution is 2.57. The Balaban J connectivity index is 1.53. The van der Waals surface area contributed by atoms with Crippen molar-refractivity contribution in [1.82, 2.24) is 19.8 Å². The monoisotopic (exact) mass is 537 g/mol. The third-order valence-corrected chi connectivity index (χ3v) is 8.36. The Morgan fingerprint density at radius 2 is 1.92 bits per heavy atom. The minimum absolute atomic E-state index is 0.0246. The van der Waals surface area contributed by atoms with Gasteiger partial charge in [-0.3, -0.25) is 4.79 Å². The first-order chi connectivity index (χ1) is 17.2. The quantitative estimate of drug-likeness (QED) is 0.414. The summed E-state index contributed by atoms with van der Waals surface area (Å²) in [6, 6.07) is -0.0246. The van der Waals surface area contributed by atoms with Crippen LogP contribution in [-0.4, -0.2) is 60.2 Å². The van der Waals surface area contributed by atoms with Gasteiger partial charge in [-0.05, 0) is 75.7 Å². The molecular weight excluding hydrogens is 498 g/mol. The van der Waals surface area contributed by atoms with Crippen molar-refractivity contribution >= 4 is 28.2 Å². The van der Waals surface area contributed by atoms with Gasteiger partial charge in [0.1, 0.15) is 11.2 Å². The van der Waals surface area contributed by atoms with E-state index in [1.807, 2.05) is 13.8 Å². The minimum Gasteiger partial charge on any atom is -0.477 e. The van der Waals surface area contributed by atoms with Crippen LogP contribution in [0.25, 0.3) is 6.20 Å². The second-order valence-corrected chi connectivity index (χ2v) is 13.7. The van der Waals surface area contributed by atoms with Crippen LogP contribution in [0.5, 0.6) is 5.88 Å². The summed E-state index contributed by atoms with van der Waals surface area (Å²) < 4.78 is 39.0. The van der Waals surface area contributed by atoms with E-state index in [1.165, 1.54) is 10.9 Å². The maximum Gasteiger partial charge on any atom is 0.405 e. The number of aromatic nitrogens is 2. The summed E-state index contributed by atoms with van der Waals surface area (Å²) in [5, 5.41) is 7.57. The molecule has 2 amide bonds. The Morgan fingerprint density at radius 3 is 2.49 bits per heavy atom. The number of hydrogen-bond acceptors (Lipinski definition) is 7. The lowest BCUT2D eigenvalue weighted by Crippen LogP contribution is -2.63. The summed E-state index contributed by atoms with van der Waals surface area (Å²) in [5.74, 6) is 1.16. The van der Waals surface area contributed by atoms with E-state index in [2.05, 4.69) is 15.1 Å². The van der Waals surface area contributed by atoms with Crippen molar-refractivity contribution in [3.8, 4) is 5.88 Å². The normalized spacial score (nSPS) is 29.1. The van der Waals surface area contributed by atoms with E-state index in [9.17, 15) is 18.0 Å². The Hall–Kier alpha value is -2.60. The molecule has 0 aliphatic heterocycles. The molecule has 1 aromatic heterocycles. The van der Waals surface area contributed by atoms with Gasteiger partial charge in [0.15, 0.2) is 0 Å². The largest absolute Gasteiger partial charge is 0.477 e. The molecular formula is C25H39N5O6S. The number of carbonyl (C=O) groups excluding carboxylic acids is 2. The lowest BCUT2D eigenvalue weighted by atomic mass is 9.52. The number of carbonyl (C=O) groups is 2. The van der Waals surface area contributed by atoms with E-state index in [-0.39, 0.29) is 29.7 Å². The predicted octanol–water partition coefficient (Wildman–Crippen LogP) is 2.49. The number of amides is 2. The number of nitrogens with two attached hydrogens (primary N) is 1. The Labute approximate surface area is 218 Å². The van der Waals surface area contributed by atoms with E-state index in [4.69, 9.17) is 15.2 Å². The first-order valence-electron chi connectivity index (χ1n) is 12.8. The van der Waals surface area contributed by atoms with Crippen molar-refractivity contribution in [3.05, 3.63) is 17.8 Å². The fourth-order valence-corrected chi connectivity index (χ4v) is 7.55. The van der Waals surface area contributed by atoms with E-state index < -0.39 is 27.3 Å². The molecule has 4 saturated carbocycles. The number of rotatable bonds is 10. The molecule has 4 aliphatic rings. The van der Waals surface area contributed by atoms with Gasteiger partial charge >= 0.3 is 6.09 Å². The molecule has 11 nitrogen and oxygen atoms in total. The zero-order chi connectivity index (χ0) is 27.2. The van der Waals surface area contributed by atoms with Gasteiger partial charge in [0.25, 0.3) is 5.91 Å². The van der Waals surface area contributed by atoms with Gasteiger partial charge in [0.05, 0.1) is 19.1 Å². The lowest BCUT2D eigenvalue weighted by molar-refractivity contribution is -0.137. The third-order valence-electron chi connectivity index (χ3n) is 7.46. The smallest absolute Gasteiger partial charge is 0.405 e. The van der Waals surface area contributed by atoms with Crippen molar-refractivity contribution < 1.29 is 27.5 Å². The van der Waals surface area contributed by atoms with E-state index in [0.29, 0.717) is 36.8 Å². The Bertz CT molecular complexity index is 1160.